The highest BCUT2D eigenvalue weighted by molar-refractivity contribution is 4.80. The van der Waals surface area contributed by atoms with E-state index >= 15 is 0 Å². The Morgan fingerprint density at radius 1 is 0.500 bits per heavy atom. The van der Waals surface area contributed by atoms with E-state index in [9.17, 15) is 0 Å². The summed E-state index contributed by atoms with van der Waals surface area (Å²) in [4.78, 5) is 0. The third-order valence-electron chi connectivity index (χ3n) is 4.44. The second-order valence-corrected chi connectivity index (χ2v) is 6.72. The van der Waals surface area contributed by atoms with Gasteiger partial charge in [0, 0.05) is 6.61 Å². The molecule has 0 aliphatic rings. The smallest absolute Gasteiger partial charge is 0.0465 e. The molecule has 0 spiro atoms. The maximum atomic E-state index is 8.65. The summed E-state index contributed by atoms with van der Waals surface area (Å²) in [5, 5.41) is 8.65. The highest BCUT2D eigenvalue weighted by Gasteiger charge is 1.94. The zero-order chi connectivity index (χ0) is 16.1. The third-order valence-corrected chi connectivity index (χ3v) is 4.44. The van der Waals surface area contributed by atoms with Gasteiger partial charge in [0.25, 0.3) is 0 Å². The van der Waals surface area contributed by atoms with Crippen molar-refractivity contribution in [3.8, 4) is 0 Å². The van der Waals surface area contributed by atoms with Crippen LogP contribution in [0.4, 0.5) is 0 Å². The topological polar surface area (TPSA) is 20.2 Å². The first-order valence-corrected chi connectivity index (χ1v) is 10.2. The molecule has 0 amide bonds. The molecule has 0 atom stereocenters. The molecule has 0 aromatic rings. The van der Waals surface area contributed by atoms with Crippen LogP contribution < -0.4 is 0 Å². The Morgan fingerprint density at radius 2 is 0.864 bits per heavy atom. The molecule has 1 N–H and O–H groups in total. The molecule has 0 fully saturated rings. The molecule has 0 heterocycles. The Morgan fingerprint density at radius 3 is 1.27 bits per heavy atom. The Hall–Kier alpha value is -0.300. The first-order chi connectivity index (χ1) is 10.9. The van der Waals surface area contributed by atoms with E-state index in [0.29, 0.717) is 0 Å². The molecule has 0 aromatic carbocycles. The first-order valence-electron chi connectivity index (χ1n) is 10.2. The number of aliphatic hydroxyl groups excluding tert-OH is 1. The van der Waals surface area contributed by atoms with Crippen molar-refractivity contribution in [1.82, 2.24) is 0 Å². The van der Waals surface area contributed by atoms with Crippen molar-refractivity contribution < 1.29 is 5.11 Å². The van der Waals surface area contributed by atoms with Gasteiger partial charge in [0.1, 0.15) is 0 Å². The van der Waals surface area contributed by atoms with Gasteiger partial charge in [0.05, 0.1) is 0 Å². The summed E-state index contributed by atoms with van der Waals surface area (Å²) < 4.78 is 0. The van der Waals surface area contributed by atoms with E-state index in [-0.39, 0.29) is 6.61 Å². The van der Waals surface area contributed by atoms with Gasteiger partial charge in [-0.1, -0.05) is 109 Å². The summed E-state index contributed by atoms with van der Waals surface area (Å²) in [6.45, 7) is 2.58. The summed E-state index contributed by atoms with van der Waals surface area (Å²) in [5.74, 6) is 0. The van der Waals surface area contributed by atoms with Crippen LogP contribution >= 0.6 is 0 Å². The van der Waals surface area contributed by atoms with Crippen molar-refractivity contribution in [3.05, 3.63) is 12.2 Å². The molecule has 0 aliphatic carbocycles. The van der Waals surface area contributed by atoms with Crippen LogP contribution in [-0.4, -0.2) is 11.7 Å². The standard InChI is InChI=1S/C21H42O/c1-2-3-4-5-6-7-8-9-10-11-12-13-14-15-16-17-18-19-20-21-22/h18-19,22H,2-17,20-21H2,1H3/b19-18+. The minimum atomic E-state index is 0.287. The monoisotopic (exact) mass is 310 g/mol. The van der Waals surface area contributed by atoms with Gasteiger partial charge in [-0.25, -0.2) is 0 Å². The molecule has 0 saturated carbocycles. The first kappa shape index (κ1) is 21.7. The zero-order valence-corrected chi connectivity index (χ0v) is 15.3. The molecule has 0 radical (unpaired) electrons. The van der Waals surface area contributed by atoms with Crippen molar-refractivity contribution in [2.75, 3.05) is 6.61 Å². The third kappa shape index (κ3) is 19.7. The lowest BCUT2D eigenvalue weighted by molar-refractivity contribution is 0.302. The molecule has 132 valence electrons. The molecule has 1 heteroatoms. The van der Waals surface area contributed by atoms with Crippen LogP contribution in [0.1, 0.15) is 116 Å². The summed E-state index contributed by atoms with van der Waals surface area (Å²) in [6.07, 6.45) is 27.8. The summed E-state index contributed by atoms with van der Waals surface area (Å²) in [6, 6.07) is 0. The zero-order valence-electron chi connectivity index (χ0n) is 15.3. The van der Waals surface area contributed by atoms with Crippen LogP contribution in [0, 0.1) is 0 Å². The van der Waals surface area contributed by atoms with Crippen molar-refractivity contribution in [2.45, 2.75) is 116 Å². The maximum Gasteiger partial charge on any atom is 0.0465 e. The van der Waals surface area contributed by atoms with Gasteiger partial charge >= 0.3 is 0 Å². The molecule has 0 saturated heterocycles. The van der Waals surface area contributed by atoms with Crippen molar-refractivity contribution in [1.29, 1.82) is 0 Å². The normalized spacial score (nSPS) is 11.5. The van der Waals surface area contributed by atoms with E-state index in [4.69, 9.17) is 5.11 Å². The van der Waals surface area contributed by atoms with Gasteiger partial charge in [-0.3, -0.25) is 0 Å². The van der Waals surface area contributed by atoms with Crippen LogP contribution in [0.3, 0.4) is 0 Å². The Labute approximate surface area is 140 Å². The number of allylic oxidation sites excluding steroid dienone is 1. The van der Waals surface area contributed by atoms with Crippen LogP contribution in [0.15, 0.2) is 12.2 Å². The molecule has 0 aromatic heterocycles. The van der Waals surface area contributed by atoms with E-state index in [1.807, 2.05) is 0 Å². The molecular weight excluding hydrogens is 268 g/mol. The van der Waals surface area contributed by atoms with Gasteiger partial charge in [-0.15, -0.1) is 0 Å². The number of hydrogen-bond donors (Lipinski definition) is 1. The Kier molecular flexibility index (Phi) is 20.4. The fourth-order valence-electron chi connectivity index (χ4n) is 2.94. The molecule has 1 nitrogen and oxygen atoms in total. The van der Waals surface area contributed by atoms with E-state index < -0.39 is 0 Å². The van der Waals surface area contributed by atoms with Crippen molar-refractivity contribution in [2.24, 2.45) is 0 Å². The maximum absolute atomic E-state index is 8.65. The summed E-state index contributed by atoms with van der Waals surface area (Å²) >= 11 is 0. The molecule has 22 heavy (non-hydrogen) atoms. The lowest BCUT2D eigenvalue weighted by Gasteiger charge is -2.03. The SMILES string of the molecule is CCCCCCCCCCCCCCCCC/C=C/CCO. The second kappa shape index (κ2) is 20.7. The minimum Gasteiger partial charge on any atom is -0.396 e. The predicted octanol–water partition coefficient (Wildman–Crippen LogP) is 7.19. The number of hydrogen-bond acceptors (Lipinski definition) is 1. The number of unbranched alkanes of at least 4 members (excludes halogenated alkanes) is 15. The fraction of sp³-hybridized carbons (Fsp3) is 0.905. The van der Waals surface area contributed by atoms with Gasteiger partial charge in [0.2, 0.25) is 0 Å². The quantitative estimate of drug-likeness (QED) is 0.210. The lowest BCUT2D eigenvalue weighted by atomic mass is 10.0. The largest absolute Gasteiger partial charge is 0.396 e. The molecule has 0 bridgehead atoms. The molecule has 0 unspecified atom stereocenters. The minimum absolute atomic E-state index is 0.287. The van der Waals surface area contributed by atoms with Crippen LogP contribution in [0.2, 0.25) is 0 Å². The number of aliphatic hydroxyl groups is 1. The molecular formula is C21H42O. The van der Waals surface area contributed by atoms with E-state index in [1.54, 1.807) is 0 Å². The Bertz CT molecular complexity index is 210. The summed E-state index contributed by atoms with van der Waals surface area (Å²) in [7, 11) is 0. The van der Waals surface area contributed by atoms with Gasteiger partial charge < -0.3 is 5.11 Å². The van der Waals surface area contributed by atoms with Gasteiger partial charge in [-0.05, 0) is 19.3 Å². The molecule has 0 rings (SSSR count). The van der Waals surface area contributed by atoms with Crippen molar-refractivity contribution >= 4 is 0 Å². The second-order valence-electron chi connectivity index (χ2n) is 6.72. The highest BCUT2D eigenvalue weighted by Crippen LogP contribution is 2.13. The van der Waals surface area contributed by atoms with Crippen LogP contribution in [0.5, 0.6) is 0 Å². The fourth-order valence-corrected chi connectivity index (χ4v) is 2.94. The van der Waals surface area contributed by atoms with Crippen LogP contribution in [0.25, 0.3) is 0 Å². The number of rotatable bonds is 18. The van der Waals surface area contributed by atoms with E-state index in [2.05, 4.69) is 19.1 Å². The predicted molar refractivity (Wildman–Crippen MR) is 100 cm³/mol. The average molecular weight is 311 g/mol. The average Bonchev–Trinajstić information content (AvgIpc) is 2.54. The summed E-state index contributed by atoms with van der Waals surface area (Å²) in [5.41, 5.74) is 0. The lowest BCUT2D eigenvalue weighted by Crippen LogP contribution is -1.83. The van der Waals surface area contributed by atoms with Gasteiger partial charge in [-0.2, -0.15) is 0 Å². The van der Waals surface area contributed by atoms with E-state index in [1.165, 1.54) is 103 Å². The van der Waals surface area contributed by atoms with Gasteiger partial charge in [0.15, 0.2) is 0 Å². The molecule has 0 aliphatic heterocycles. The van der Waals surface area contributed by atoms with Crippen LogP contribution in [-0.2, 0) is 0 Å². The van der Waals surface area contributed by atoms with E-state index in [0.717, 1.165) is 6.42 Å². The Balaban J connectivity index is 2.97. The highest BCUT2D eigenvalue weighted by atomic mass is 16.2. The van der Waals surface area contributed by atoms with Crippen molar-refractivity contribution in [3.63, 3.8) is 0 Å².